The number of anilines is 2. The summed E-state index contributed by atoms with van der Waals surface area (Å²) in [7, 11) is 2.17. The minimum Gasteiger partial charge on any atom is -0.359 e. The van der Waals surface area contributed by atoms with Crippen molar-refractivity contribution in [3.05, 3.63) is 109 Å². The van der Waals surface area contributed by atoms with Gasteiger partial charge in [-0.1, -0.05) is 48.5 Å². The molecule has 34 heavy (non-hydrogen) atoms. The van der Waals surface area contributed by atoms with Gasteiger partial charge in [-0.2, -0.15) is 0 Å². The molecule has 1 atom stereocenters. The number of hydrogen-bond acceptors (Lipinski definition) is 4. The Labute approximate surface area is 197 Å². The Kier molecular flexibility index (Phi) is 4.12. The van der Waals surface area contributed by atoms with Gasteiger partial charge in [-0.15, -0.1) is 0 Å². The van der Waals surface area contributed by atoms with Gasteiger partial charge in [-0.25, -0.2) is 0 Å². The van der Waals surface area contributed by atoms with Gasteiger partial charge in [0.2, 0.25) is 0 Å². The predicted octanol–water partition coefficient (Wildman–Crippen LogP) is 6.35. The van der Waals surface area contributed by atoms with Crippen LogP contribution in [0, 0.1) is 0 Å². The van der Waals surface area contributed by atoms with Crippen molar-refractivity contribution in [2.45, 2.75) is 12.7 Å². The van der Waals surface area contributed by atoms with Gasteiger partial charge in [-0.3, -0.25) is 9.97 Å². The van der Waals surface area contributed by atoms with Gasteiger partial charge in [-0.05, 0) is 35.9 Å². The van der Waals surface area contributed by atoms with Crippen LogP contribution in [0.4, 0.5) is 11.4 Å². The van der Waals surface area contributed by atoms with Crippen molar-refractivity contribution in [3.63, 3.8) is 0 Å². The van der Waals surface area contributed by atoms with Crippen LogP contribution in [-0.4, -0.2) is 21.6 Å². The number of nitrogens with zero attached hydrogens (tertiary/aromatic N) is 4. The molecule has 1 unspecified atom stereocenters. The van der Waals surface area contributed by atoms with Crippen molar-refractivity contribution >= 4 is 44.1 Å². The van der Waals surface area contributed by atoms with Crippen molar-refractivity contribution in [2.75, 3.05) is 17.3 Å². The van der Waals surface area contributed by atoms with Gasteiger partial charge in [0.1, 0.15) is 6.17 Å². The van der Waals surface area contributed by atoms with E-state index in [0.717, 1.165) is 34.0 Å². The number of hydrogen-bond donors (Lipinski definition) is 1. The van der Waals surface area contributed by atoms with E-state index in [1.807, 2.05) is 24.5 Å². The highest BCUT2D eigenvalue weighted by molar-refractivity contribution is 6.18. The van der Waals surface area contributed by atoms with Crippen molar-refractivity contribution in [3.8, 4) is 0 Å². The molecule has 4 heterocycles. The van der Waals surface area contributed by atoms with E-state index in [9.17, 15) is 0 Å². The molecule has 6 aromatic rings. The lowest BCUT2D eigenvalue weighted by Crippen LogP contribution is -2.23. The first-order chi connectivity index (χ1) is 16.8. The zero-order chi connectivity index (χ0) is 22.6. The fourth-order valence-electron chi connectivity index (χ4n) is 5.41. The highest BCUT2D eigenvalue weighted by Crippen LogP contribution is 2.49. The number of aromatic nitrogens is 3. The van der Waals surface area contributed by atoms with E-state index in [4.69, 9.17) is 4.98 Å². The first kappa shape index (κ1) is 19.1. The Balaban J connectivity index is 1.41. The summed E-state index contributed by atoms with van der Waals surface area (Å²) in [5.41, 5.74) is 7.97. The van der Waals surface area contributed by atoms with Gasteiger partial charge in [0, 0.05) is 59.4 Å². The fourth-order valence-corrected chi connectivity index (χ4v) is 5.41. The number of fused-ring (bicyclic) bond motifs is 7. The summed E-state index contributed by atoms with van der Waals surface area (Å²) in [5.74, 6) is 0. The normalized spacial score (nSPS) is 15.2. The molecule has 164 valence electrons. The molecule has 3 aromatic heterocycles. The molecule has 5 heteroatoms. The molecule has 0 saturated carbocycles. The number of benzene rings is 3. The van der Waals surface area contributed by atoms with Crippen molar-refractivity contribution in [1.82, 2.24) is 14.5 Å². The molecule has 7 rings (SSSR count). The van der Waals surface area contributed by atoms with Crippen molar-refractivity contribution in [2.24, 2.45) is 0 Å². The van der Waals surface area contributed by atoms with Crippen LogP contribution in [0.3, 0.4) is 0 Å². The van der Waals surface area contributed by atoms with Crippen LogP contribution in [0.25, 0.3) is 32.7 Å². The second kappa shape index (κ2) is 7.32. The molecule has 0 fully saturated rings. The molecule has 0 bridgehead atoms. The summed E-state index contributed by atoms with van der Waals surface area (Å²) < 4.78 is 2.36. The largest absolute Gasteiger partial charge is 0.359 e. The minimum absolute atomic E-state index is 0.00568. The maximum Gasteiger partial charge on any atom is 0.127 e. The Bertz CT molecular complexity index is 1690. The Morgan fingerprint density at radius 1 is 0.765 bits per heavy atom. The summed E-state index contributed by atoms with van der Waals surface area (Å²) in [4.78, 5) is 11.7. The highest BCUT2D eigenvalue weighted by atomic mass is 15.3. The van der Waals surface area contributed by atoms with E-state index in [-0.39, 0.29) is 6.17 Å². The summed E-state index contributed by atoms with van der Waals surface area (Å²) >= 11 is 0. The van der Waals surface area contributed by atoms with Crippen molar-refractivity contribution in [1.29, 1.82) is 0 Å². The van der Waals surface area contributed by atoms with E-state index < -0.39 is 0 Å². The number of rotatable bonds is 3. The predicted molar refractivity (Wildman–Crippen MR) is 139 cm³/mol. The second-order valence-electron chi connectivity index (χ2n) is 8.90. The maximum atomic E-state index is 4.70. The van der Waals surface area contributed by atoms with Crippen LogP contribution < -0.4 is 10.2 Å². The quantitative estimate of drug-likeness (QED) is 0.325. The van der Waals surface area contributed by atoms with Gasteiger partial charge >= 0.3 is 0 Å². The third-order valence-electron chi connectivity index (χ3n) is 6.93. The number of nitrogens with one attached hydrogen (secondary N) is 1. The third kappa shape index (κ3) is 2.73. The van der Waals surface area contributed by atoms with E-state index in [1.54, 1.807) is 0 Å². The molecule has 0 saturated heterocycles. The van der Waals surface area contributed by atoms with Crippen molar-refractivity contribution < 1.29 is 0 Å². The van der Waals surface area contributed by atoms with E-state index in [1.165, 1.54) is 27.7 Å². The van der Waals surface area contributed by atoms with Crippen LogP contribution in [0.5, 0.6) is 0 Å². The fraction of sp³-hybridized carbons (Fsp3) is 0.103. The average molecular weight is 442 g/mol. The molecular weight excluding hydrogens is 418 g/mol. The molecule has 0 spiro atoms. The van der Waals surface area contributed by atoms with Crippen LogP contribution in [0.2, 0.25) is 0 Å². The highest BCUT2D eigenvalue weighted by Gasteiger charge is 2.33. The van der Waals surface area contributed by atoms with Gasteiger partial charge in [0.25, 0.3) is 0 Å². The van der Waals surface area contributed by atoms with E-state index in [0.29, 0.717) is 0 Å². The van der Waals surface area contributed by atoms with Gasteiger partial charge in [0.15, 0.2) is 0 Å². The zero-order valence-corrected chi connectivity index (χ0v) is 18.8. The van der Waals surface area contributed by atoms with Crippen LogP contribution in [-0.2, 0) is 6.54 Å². The van der Waals surface area contributed by atoms with Crippen LogP contribution in [0.15, 0.2) is 97.5 Å². The summed E-state index contributed by atoms with van der Waals surface area (Å²) in [5, 5.41) is 7.34. The Morgan fingerprint density at radius 3 is 2.26 bits per heavy atom. The standard InChI is InChI=1S/C29H23N5/c1-33-28-22-13-8-16-31-26(22)25-21(12-7-15-30-25)27(28)32-29(33)23-18-34(17-19-9-3-2-4-10-19)24-14-6-5-11-20(23)24/h2-16,18,29,32H,17H2,1H3. The third-order valence-corrected chi connectivity index (χ3v) is 6.93. The lowest BCUT2D eigenvalue weighted by atomic mass is 10.1. The lowest BCUT2D eigenvalue weighted by Gasteiger charge is -2.22. The maximum absolute atomic E-state index is 4.70. The molecule has 0 radical (unpaired) electrons. The Morgan fingerprint density at radius 2 is 1.44 bits per heavy atom. The van der Waals surface area contributed by atoms with Gasteiger partial charge < -0.3 is 14.8 Å². The topological polar surface area (TPSA) is 46.0 Å². The first-order valence-electron chi connectivity index (χ1n) is 11.6. The average Bonchev–Trinajstić information content (AvgIpc) is 3.43. The van der Waals surface area contributed by atoms with E-state index in [2.05, 4.69) is 99.7 Å². The monoisotopic (exact) mass is 441 g/mol. The second-order valence-corrected chi connectivity index (χ2v) is 8.90. The van der Waals surface area contributed by atoms with Gasteiger partial charge in [0.05, 0.1) is 22.4 Å². The van der Waals surface area contributed by atoms with Crippen LogP contribution >= 0.6 is 0 Å². The SMILES string of the molecule is CN1c2c(c3cccnc3c3ncccc23)NC1c1cn(Cc2ccccc2)c2ccccc12. The molecular formula is C29H23N5. The molecule has 1 aliphatic rings. The molecule has 1 aliphatic heterocycles. The molecule has 3 aromatic carbocycles. The molecule has 0 aliphatic carbocycles. The summed E-state index contributed by atoms with van der Waals surface area (Å²) in [6, 6.07) is 27.6. The number of pyridine rings is 2. The Hall–Kier alpha value is -4.38. The lowest BCUT2D eigenvalue weighted by molar-refractivity contribution is 0.778. The zero-order valence-electron chi connectivity index (χ0n) is 18.8. The molecule has 1 N–H and O–H groups in total. The number of para-hydroxylation sites is 1. The van der Waals surface area contributed by atoms with Crippen LogP contribution in [0.1, 0.15) is 17.3 Å². The molecule has 0 amide bonds. The molecule has 5 nitrogen and oxygen atoms in total. The smallest absolute Gasteiger partial charge is 0.127 e. The minimum atomic E-state index is 0.00568. The summed E-state index contributed by atoms with van der Waals surface area (Å²) in [6.45, 7) is 0.838. The summed E-state index contributed by atoms with van der Waals surface area (Å²) in [6.07, 6.45) is 6.00. The first-order valence-corrected chi connectivity index (χ1v) is 11.6. The van der Waals surface area contributed by atoms with E-state index >= 15 is 0 Å².